The van der Waals surface area contributed by atoms with Crippen molar-refractivity contribution in [1.82, 2.24) is 0 Å². The van der Waals surface area contributed by atoms with Gasteiger partial charge in [0.05, 0.1) is 19.9 Å². The quantitative estimate of drug-likeness (QED) is 0.857. The Morgan fingerprint density at radius 1 is 1.04 bits per heavy atom. The van der Waals surface area contributed by atoms with Gasteiger partial charge in [-0.15, -0.1) is 0 Å². The van der Waals surface area contributed by atoms with E-state index in [9.17, 15) is 4.79 Å². The summed E-state index contributed by atoms with van der Waals surface area (Å²) in [6.45, 7) is 3.76. The van der Waals surface area contributed by atoms with Crippen LogP contribution in [-0.2, 0) is 4.79 Å². The number of ether oxygens (including phenoxy) is 2. The van der Waals surface area contributed by atoms with Gasteiger partial charge in [-0.3, -0.25) is 4.79 Å². The maximum absolute atomic E-state index is 12.4. The second-order valence-electron chi connectivity index (χ2n) is 5.24. The molecule has 0 aliphatic heterocycles. The first kappa shape index (κ1) is 16.7. The van der Waals surface area contributed by atoms with Gasteiger partial charge in [-0.05, 0) is 37.6 Å². The number of para-hydroxylation sites is 1. The average Bonchev–Trinajstić information content (AvgIpc) is 2.57. The Morgan fingerprint density at radius 2 is 1.78 bits per heavy atom. The number of methoxy groups -OCH3 is 2. The Morgan fingerprint density at radius 3 is 2.43 bits per heavy atom. The number of amides is 1. The van der Waals surface area contributed by atoms with Crippen molar-refractivity contribution in [3.8, 4) is 11.5 Å². The van der Waals surface area contributed by atoms with Crippen LogP contribution in [0.5, 0.6) is 11.5 Å². The number of hydrogen-bond acceptors (Lipinski definition) is 4. The minimum absolute atomic E-state index is 0.114. The molecule has 0 heterocycles. The lowest BCUT2D eigenvalue weighted by Gasteiger charge is -2.18. The number of carbonyl (C=O) groups excluding carboxylic acids is 1. The number of carbonyl (C=O) groups is 1. The first-order chi connectivity index (χ1) is 11.0. The Hall–Kier alpha value is -2.69. The SMILES string of the molecule is COc1ccc(N[C@@H](C)C(=O)Nc2ccccc2C)c(OC)c1. The molecular formula is C18H22N2O3. The smallest absolute Gasteiger partial charge is 0.246 e. The second-order valence-corrected chi connectivity index (χ2v) is 5.24. The topological polar surface area (TPSA) is 59.6 Å². The van der Waals surface area contributed by atoms with Gasteiger partial charge < -0.3 is 20.1 Å². The highest BCUT2D eigenvalue weighted by Gasteiger charge is 2.16. The van der Waals surface area contributed by atoms with E-state index in [0.717, 1.165) is 16.9 Å². The highest BCUT2D eigenvalue weighted by Crippen LogP contribution is 2.29. The minimum atomic E-state index is -0.420. The van der Waals surface area contributed by atoms with Gasteiger partial charge in [0.15, 0.2) is 0 Å². The Kier molecular flexibility index (Phi) is 5.46. The summed E-state index contributed by atoms with van der Waals surface area (Å²) in [6, 6.07) is 12.7. The summed E-state index contributed by atoms with van der Waals surface area (Å²) in [7, 11) is 3.18. The van der Waals surface area contributed by atoms with Crippen LogP contribution >= 0.6 is 0 Å². The molecule has 2 N–H and O–H groups in total. The molecule has 2 aromatic carbocycles. The first-order valence-electron chi connectivity index (χ1n) is 7.40. The lowest BCUT2D eigenvalue weighted by atomic mass is 10.2. The second kappa shape index (κ2) is 7.54. The van der Waals surface area contributed by atoms with Crippen LogP contribution in [0.1, 0.15) is 12.5 Å². The van der Waals surface area contributed by atoms with Crippen LogP contribution in [0.15, 0.2) is 42.5 Å². The molecule has 0 aliphatic rings. The molecule has 0 aromatic heterocycles. The van der Waals surface area contributed by atoms with Crippen LogP contribution < -0.4 is 20.1 Å². The van der Waals surface area contributed by atoms with Gasteiger partial charge in [0.1, 0.15) is 17.5 Å². The summed E-state index contributed by atoms with van der Waals surface area (Å²) < 4.78 is 10.5. The van der Waals surface area contributed by atoms with Crippen LogP contribution in [0.25, 0.3) is 0 Å². The molecular weight excluding hydrogens is 292 g/mol. The molecule has 2 rings (SSSR count). The number of hydrogen-bond donors (Lipinski definition) is 2. The Labute approximate surface area is 136 Å². The normalized spacial score (nSPS) is 11.5. The zero-order valence-electron chi connectivity index (χ0n) is 13.8. The summed E-state index contributed by atoms with van der Waals surface area (Å²) in [5, 5.41) is 6.08. The number of benzene rings is 2. The first-order valence-corrected chi connectivity index (χ1v) is 7.40. The predicted molar refractivity (Wildman–Crippen MR) is 92.4 cm³/mol. The van der Waals surface area contributed by atoms with E-state index in [1.54, 1.807) is 27.2 Å². The minimum Gasteiger partial charge on any atom is -0.497 e. The Bertz CT molecular complexity index is 686. The summed E-state index contributed by atoms with van der Waals surface area (Å²) in [5.74, 6) is 1.21. The van der Waals surface area contributed by atoms with Crippen molar-refractivity contribution in [2.24, 2.45) is 0 Å². The van der Waals surface area contributed by atoms with E-state index in [-0.39, 0.29) is 5.91 Å². The van der Waals surface area contributed by atoms with Gasteiger partial charge in [-0.2, -0.15) is 0 Å². The maximum atomic E-state index is 12.4. The van der Waals surface area contributed by atoms with Crippen molar-refractivity contribution in [1.29, 1.82) is 0 Å². The van der Waals surface area contributed by atoms with Crippen LogP contribution in [0.3, 0.4) is 0 Å². The van der Waals surface area contributed by atoms with Crippen molar-refractivity contribution in [2.75, 3.05) is 24.9 Å². The number of anilines is 2. The van der Waals surface area contributed by atoms with E-state index in [4.69, 9.17) is 9.47 Å². The molecule has 0 bridgehead atoms. The van der Waals surface area contributed by atoms with Crippen LogP contribution in [0.2, 0.25) is 0 Å². The van der Waals surface area contributed by atoms with E-state index in [1.807, 2.05) is 43.3 Å². The molecule has 0 unspecified atom stereocenters. The summed E-state index contributed by atoms with van der Waals surface area (Å²) in [4.78, 5) is 12.4. The van der Waals surface area contributed by atoms with Crippen molar-refractivity contribution in [3.63, 3.8) is 0 Å². The summed E-state index contributed by atoms with van der Waals surface area (Å²) >= 11 is 0. The van der Waals surface area contributed by atoms with Crippen molar-refractivity contribution in [2.45, 2.75) is 19.9 Å². The molecule has 2 aromatic rings. The molecule has 0 radical (unpaired) electrons. The fraction of sp³-hybridized carbons (Fsp3) is 0.278. The molecule has 0 spiro atoms. The van der Waals surface area contributed by atoms with Gasteiger partial charge >= 0.3 is 0 Å². The van der Waals surface area contributed by atoms with Crippen LogP contribution in [0.4, 0.5) is 11.4 Å². The van der Waals surface area contributed by atoms with Gasteiger partial charge in [-0.25, -0.2) is 0 Å². The highest BCUT2D eigenvalue weighted by molar-refractivity contribution is 5.97. The van der Waals surface area contributed by atoms with E-state index in [0.29, 0.717) is 11.5 Å². The van der Waals surface area contributed by atoms with E-state index < -0.39 is 6.04 Å². The van der Waals surface area contributed by atoms with E-state index >= 15 is 0 Å². The molecule has 122 valence electrons. The zero-order chi connectivity index (χ0) is 16.8. The fourth-order valence-corrected chi connectivity index (χ4v) is 2.17. The number of aryl methyl sites for hydroxylation is 1. The third-order valence-electron chi connectivity index (χ3n) is 3.58. The van der Waals surface area contributed by atoms with Gasteiger partial charge in [0, 0.05) is 11.8 Å². The molecule has 5 nitrogen and oxygen atoms in total. The van der Waals surface area contributed by atoms with Gasteiger partial charge in [-0.1, -0.05) is 18.2 Å². The van der Waals surface area contributed by atoms with Crippen LogP contribution in [0, 0.1) is 6.92 Å². The molecule has 1 atom stereocenters. The van der Waals surface area contributed by atoms with E-state index in [2.05, 4.69) is 10.6 Å². The lowest BCUT2D eigenvalue weighted by Crippen LogP contribution is -2.32. The monoisotopic (exact) mass is 314 g/mol. The largest absolute Gasteiger partial charge is 0.497 e. The van der Waals surface area contributed by atoms with Crippen molar-refractivity contribution >= 4 is 17.3 Å². The Balaban J connectivity index is 2.08. The standard InChI is InChI=1S/C18H22N2O3/c1-12-7-5-6-8-15(12)20-18(21)13(2)19-16-10-9-14(22-3)11-17(16)23-4/h5-11,13,19H,1-4H3,(H,20,21)/t13-/m0/s1. The molecule has 5 heteroatoms. The third kappa shape index (κ3) is 4.16. The maximum Gasteiger partial charge on any atom is 0.246 e. The summed E-state index contributed by atoms with van der Waals surface area (Å²) in [5.41, 5.74) is 2.57. The molecule has 23 heavy (non-hydrogen) atoms. The molecule has 1 amide bonds. The van der Waals surface area contributed by atoms with Crippen LogP contribution in [-0.4, -0.2) is 26.2 Å². The molecule has 0 fully saturated rings. The lowest BCUT2D eigenvalue weighted by molar-refractivity contribution is -0.116. The zero-order valence-corrected chi connectivity index (χ0v) is 13.8. The highest BCUT2D eigenvalue weighted by atomic mass is 16.5. The van der Waals surface area contributed by atoms with Gasteiger partial charge in [0.25, 0.3) is 0 Å². The van der Waals surface area contributed by atoms with E-state index in [1.165, 1.54) is 0 Å². The third-order valence-corrected chi connectivity index (χ3v) is 3.58. The summed E-state index contributed by atoms with van der Waals surface area (Å²) in [6.07, 6.45) is 0. The van der Waals surface area contributed by atoms with Crippen molar-refractivity contribution in [3.05, 3.63) is 48.0 Å². The molecule has 0 saturated heterocycles. The average molecular weight is 314 g/mol. The molecule has 0 saturated carbocycles. The fourth-order valence-electron chi connectivity index (χ4n) is 2.17. The van der Waals surface area contributed by atoms with Crippen molar-refractivity contribution < 1.29 is 14.3 Å². The number of nitrogens with one attached hydrogen (secondary N) is 2. The predicted octanol–water partition coefficient (Wildman–Crippen LogP) is 3.45. The van der Waals surface area contributed by atoms with Gasteiger partial charge in [0.2, 0.25) is 5.91 Å². The number of rotatable bonds is 6. The molecule has 0 aliphatic carbocycles.